The predicted molar refractivity (Wildman–Crippen MR) is 64.0 cm³/mol. The van der Waals surface area contributed by atoms with Crippen molar-refractivity contribution in [3.8, 4) is 0 Å². The zero-order valence-electron chi connectivity index (χ0n) is 10.4. The fourth-order valence-electron chi connectivity index (χ4n) is 2.31. The molecule has 0 aromatic rings. The third kappa shape index (κ3) is 3.70. The van der Waals surface area contributed by atoms with Crippen LogP contribution < -0.4 is 11.1 Å². The molecule has 1 saturated heterocycles. The van der Waals surface area contributed by atoms with Gasteiger partial charge in [-0.05, 0) is 32.1 Å². The Morgan fingerprint density at radius 1 is 1.59 bits per heavy atom. The van der Waals surface area contributed by atoms with E-state index in [0.29, 0.717) is 19.3 Å². The Morgan fingerprint density at radius 2 is 2.29 bits per heavy atom. The topological polar surface area (TPSA) is 92.4 Å². The molecule has 1 aliphatic rings. The van der Waals surface area contributed by atoms with Crippen LogP contribution in [-0.4, -0.2) is 29.1 Å². The third-order valence-corrected chi connectivity index (χ3v) is 3.43. The van der Waals surface area contributed by atoms with E-state index in [0.717, 1.165) is 19.4 Å². The van der Waals surface area contributed by atoms with Crippen molar-refractivity contribution in [2.75, 3.05) is 6.54 Å². The van der Waals surface area contributed by atoms with Crippen molar-refractivity contribution in [1.29, 1.82) is 0 Å². The zero-order valence-corrected chi connectivity index (χ0v) is 10.4. The lowest BCUT2D eigenvalue weighted by Crippen LogP contribution is -2.45. The van der Waals surface area contributed by atoms with Crippen molar-refractivity contribution in [3.63, 3.8) is 0 Å². The highest BCUT2D eigenvalue weighted by Crippen LogP contribution is 2.25. The minimum absolute atomic E-state index is 0.0274. The first-order chi connectivity index (χ1) is 7.99. The Balaban J connectivity index is 2.51. The molecule has 2 amide bonds. The lowest BCUT2D eigenvalue weighted by molar-refractivity contribution is -0.139. The molecule has 98 valence electrons. The van der Waals surface area contributed by atoms with Gasteiger partial charge in [-0.3, -0.25) is 9.59 Å². The van der Waals surface area contributed by atoms with E-state index in [1.807, 2.05) is 6.92 Å². The molecular formula is C12H22N2O3. The van der Waals surface area contributed by atoms with Crippen molar-refractivity contribution in [2.24, 2.45) is 11.7 Å². The summed E-state index contributed by atoms with van der Waals surface area (Å²) in [6.45, 7) is 2.62. The molecule has 1 rings (SSSR count). The van der Waals surface area contributed by atoms with Gasteiger partial charge in [0.2, 0.25) is 11.8 Å². The summed E-state index contributed by atoms with van der Waals surface area (Å²) in [5, 5.41) is 12.9. The number of carbonyl (C=O) groups excluding carboxylic acids is 2. The normalized spacial score (nSPS) is 23.9. The fourth-order valence-corrected chi connectivity index (χ4v) is 2.31. The number of amides is 2. The van der Waals surface area contributed by atoms with Crippen molar-refractivity contribution in [2.45, 2.75) is 51.0 Å². The van der Waals surface area contributed by atoms with Crippen LogP contribution in [0, 0.1) is 5.92 Å². The van der Waals surface area contributed by atoms with Crippen LogP contribution in [0.2, 0.25) is 0 Å². The average Bonchev–Trinajstić information content (AvgIpc) is 2.28. The number of nitrogens with two attached hydrogens (primary N) is 1. The van der Waals surface area contributed by atoms with Gasteiger partial charge in [-0.2, -0.15) is 0 Å². The smallest absolute Gasteiger partial charge is 0.249 e. The second kappa shape index (κ2) is 6.00. The largest absolute Gasteiger partial charge is 0.380 e. The molecule has 0 aromatic carbocycles. The van der Waals surface area contributed by atoms with Crippen LogP contribution in [0.15, 0.2) is 0 Å². The van der Waals surface area contributed by atoms with Crippen LogP contribution in [0.5, 0.6) is 0 Å². The van der Waals surface area contributed by atoms with Gasteiger partial charge in [0.1, 0.15) is 5.60 Å². The highest BCUT2D eigenvalue weighted by atomic mass is 16.3. The maximum atomic E-state index is 11.5. The quantitative estimate of drug-likeness (QED) is 0.626. The summed E-state index contributed by atoms with van der Waals surface area (Å²) in [5.74, 6) is -0.749. The Kier molecular flexibility index (Phi) is 4.93. The Morgan fingerprint density at radius 3 is 2.82 bits per heavy atom. The Labute approximate surface area is 102 Å². The van der Waals surface area contributed by atoms with Crippen LogP contribution in [0.25, 0.3) is 0 Å². The monoisotopic (exact) mass is 242 g/mol. The summed E-state index contributed by atoms with van der Waals surface area (Å²) >= 11 is 0. The third-order valence-electron chi connectivity index (χ3n) is 3.43. The molecule has 0 saturated carbocycles. The number of nitrogens with one attached hydrogen (secondary N) is 1. The highest BCUT2D eigenvalue weighted by Gasteiger charge is 2.34. The van der Waals surface area contributed by atoms with E-state index in [1.165, 1.54) is 0 Å². The van der Waals surface area contributed by atoms with Gasteiger partial charge in [0, 0.05) is 12.5 Å². The van der Waals surface area contributed by atoms with Gasteiger partial charge in [0.05, 0.1) is 0 Å². The molecule has 1 aliphatic heterocycles. The summed E-state index contributed by atoms with van der Waals surface area (Å²) in [6.07, 6.45) is 3.62. The van der Waals surface area contributed by atoms with Crippen molar-refractivity contribution >= 4 is 11.8 Å². The summed E-state index contributed by atoms with van der Waals surface area (Å²) in [4.78, 5) is 22.8. The molecule has 1 fully saturated rings. The van der Waals surface area contributed by atoms with Crippen molar-refractivity contribution in [3.05, 3.63) is 0 Å². The first-order valence-corrected chi connectivity index (χ1v) is 6.29. The molecule has 0 aliphatic carbocycles. The molecule has 5 nitrogen and oxygen atoms in total. The van der Waals surface area contributed by atoms with Gasteiger partial charge in [0.25, 0.3) is 0 Å². The van der Waals surface area contributed by atoms with Gasteiger partial charge in [0.15, 0.2) is 0 Å². The maximum absolute atomic E-state index is 11.5. The molecule has 5 heteroatoms. The van der Waals surface area contributed by atoms with Crippen LogP contribution in [0.4, 0.5) is 0 Å². The van der Waals surface area contributed by atoms with Crippen molar-refractivity contribution < 1.29 is 14.7 Å². The zero-order chi connectivity index (χ0) is 12.9. The van der Waals surface area contributed by atoms with Gasteiger partial charge >= 0.3 is 0 Å². The molecule has 17 heavy (non-hydrogen) atoms. The SMILES string of the molecule is CCCC(O)(CC[C@@H]1CCCNC1=O)C(N)=O. The van der Waals surface area contributed by atoms with Crippen LogP contribution >= 0.6 is 0 Å². The van der Waals surface area contributed by atoms with Gasteiger partial charge in [-0.15, -0.1) is 0 Å². The molecule has 1 heterocycles. The summed E-state index contributed by atoms with van der Waals surface area (Å²) in [6, 6.07) is 0. The molecule has 1 unspecified atom stereocenters. The van der Waals surface area contributed by atoms with E-state index < -0.39 is 11.5 Å². The van der Waals surface area contributed by atoms with Gasteiger partial charge < -0.3 is 16.2 Å². The van der Waals surface area contributed by atoms with Crippen LogP contribution in [0.3, 0.4) is 0 Å². The van der Waals surface area contributed by atoms with E-state index in [1.54, 1.807) is 0 Å². The van der Waals surface area contributed by atoms with E-state index in [2.05, 4.69) is 5.32 Å². The number of carbonyl (C=O) groups is 2. The summed E-state index contributed by atoms with van der Waals surface area (Å²) in [7, 11) is 0. The second-order valence-corrected chi connectivity index (χ2v) is 4.81. The molecule has 2 atom stereocenters. The van der Waals surface area contributed by atoms with Crippen LogP contribution in [0.1, 0.15) is 45.4 Å². The Hall–Kier alpha value is -1.10. The predicted octanol–water partition coefficient (Wildman–Crippen LogP) is 0.309. The molecular weight excluding hydrogens is 220 g/mol. The number of rotatable bonds is 6. The molecule has 4 N–H and O–H groups in total. The van der Waals surface area contributed by atoms with E-state index in [4.69, 9.17) is 5.73 Å². The van der Waals surface area contributed by atoms with Crippen molar-refractivity contribution in [1.82, 2.24) is 5.32 Å². The van der Waals surface area contributed by atoms with Gasteiger partial charge in [-0.1, -0.05) is 13.3 Å². The molecule has 0 aromatic heterocycles. The minimum atomic E-state index is -1.45. The standard InChI is InChI=1S/C12H22N2O3/c1-2-6-12(17,11(13)16)7-5-9-4-3-8-14-10(9)15/h9,17H,2-8H2,1H3,(H2,13,16)(H,14,15)/t9-,12?/m0/s1. The van der Waals surface area contributed by atoms with E-state index >= 15 is 0 Å². The Bertz CT molecular complexity index is 293. The number of primary amides is 1. The maximum Gasteiger partial charge on any atom is 0.249 e. The second-order valence-electron chi connectivity index (χ2n) is 4.81. The average molecular weight is 242 g/mol. The molecule has 0 bridgehead atoms. The highest BCUT2D eigenvalue weighted by molar-refractivity contribution is 5.83. The summed E-state index contributed by atoms with van der Waals surface area (Å²) < 4.78 is 0. The summed E-state index contributed by atoms with van der Waals surface area (Å²) in [5.41, 5.74) is 3.77. The lowest BCUT2D eigenvalue weighted by atomic mass is 9.85. The minimum Gasteiger partial charge on any atom is -0.380 e. The number of aliphatic hydroxyl groups is 1. The fraction of sp³-hybridized carbons (Fsp3) is 0.833. The number of piperidine rings is 1. The number of hydrogen-bond donors (Lipinski definition) is 3. The first-order valence-electron chi connectivity index (χ1n) is 6.29. The first kappa shape index (κ1) is 14.0. The molecule has 0 spiro atoms. The van der Waals surface area contributed by atoms with Gasteiger partial charge in [-0.25, -0.2) is 0 Å². The molecule has 0 radical (unpaired) electrons. The van der Waals surface area contributed by atoms with E-state index in [-0.39, 0.29) is 18.2 Å². The lowest BCUT2D eigenvalue weighted by Gasteiger charge is -2.28. The number of hydrogen-bond acceptors (Lipinski definition) is 3. The van der Waals surface area contributed by atoms with E-state index in [9.17, 15) is 14.7 Å². The van der Waals surface area contributed by atoms with Crippen LogP contribution in [-0.2, 0) is 9.59 Å².